The zero-order chi connectivity index (χ0) is 23.0. The lowest BCUT2D eigenvalue weighted by Gasteiger charge is -2.35. The third kappa shape index (κ3) is 3.53. The highest BCUT2D eigenvalue weighted by molar-refractivity contribution is 6.25. The molecular formula is C22H24FN3O6. The molecule has 0 aromatic heterocycles. The van der Waals surface area contributed by atoms with E-state index < -0.39 is 46.9 Å². The van der Waals surface area contributed by atoms with Crippen LogP contribution in [0.1, 0.15) is 65.7 Å². The fourth-order valence-corrected chi connectivity index (χ4v) is 4.86. The predicted octanol–water partition coefficient (Wildman–Crippen LogP) is 1.76. The van der Waals surface area contributed by atoms with Gasteiger partial charge in [0.1, 0.15) is 11.9 Å². The number of hydrogen-bond acceptors (Lipinski definition) is 7. The Morgan fingerprint density at radius 3 is 2.56 bits per heavy atom. The summed E-state index contributed by atoms with van der Waals surface area (Å²) < 4.78 is 19.8. The fraction of sp³-hybridized carbons (Fsp3) is 0.500. The second-order valence-corrected chi connectivity index (χ2v) is 8.48. The first-order chi connectivity index (χ1) is 15.3. The number of esters is 1. The second-order valence-electron chi connectivity index (χ2n) is 8.48. The fourth-order valence-electron chi connectivity index (χ4n) is 4.86. The van der Waals surface area contributed by atoms with Gasteiger partial charge in [-0.25, -0.2) is 4.39 Å². The summed E-state index contributed by atoms with van der Waals surface area (Å²) >= 11 is 0. The van der Waals surface area contributed by atoms with E-state index in [4.69, 9.17) is 4.74 Å². The van der Waals surface area contributed by atoms with Crippen LogP contribution in [-0.2, 0) is 19.1 Å². The number of methoxy groups -OCH3 is 1. The molecule has 170 valence electrons. The van der Waals surface area contributed by atoms with E-state index in [9.17, 15) is 28.4 Å². The van der Waals surface area contributed by atoms with Crippen LogP contribution in [0.4, 0.5) is 10.1 Å². The lowest BCUT2D eigenvalue weighted by Crippen LogP contribution is -2.54. The maximum Gasteiger partial charge on any atom is 0.313 e. The molecule has 0 radical (unpaired) electrons. The van der Waals surface area contributed by atoms with Crippen molar-refractivity contribution in [1.29, 1.82) is 0 Å². The Morgan fingerprint density at radius 2 is 1.91 bits per heavy atom. The van der Waals surface area contributed by atoms with Crippen molar-refractivity contribution in [3.8, 4) is 0 Å². The maximum absolute atomic E-state index is 14.8. The van der Waals surface area contributed by atoms with E-state index in [1.54, 1.807) is 0 Å². The molecule has 3 aliphatic rings. The molecule has 2 aliphatic heterocycles. The summed E-state index contributed by atoms with van der Waals surface area (Å²) in [7, 11) is 1.31. The summed E-state index contributed by atoms with van der Waals surface area (Å²) in [5, 5.41) is 5.03. The number of nitrogens with one attached hydrogen (secondary N) is 2. The Labute approximate surface area is 183 Å². The van der Waals surface area contributed by atoms with Gasteiger partial charge in [0.05, 0.1) is 29.3 Å². The van der Waals surface area contributed by atoms with E-state index in [0.717, 1.165) is 30.2 Å². The van der Waals surface area contributed by atoms with Crippen LogP contribution in [0.3, 0.4) is 0 Å². The van der Waals surface area contributed by atoms with Crippen molar-refractivity contribution in [3.63, 3.8) is 0 Å². The highest BCUT2D eigenvalue weighted by atomic mass is 19.1. The average molecular weight is 445 g/mol. The van der Waals surface area contributed by atoms with Crippen molar-refractivity contribution in [2.75, 3.05) is 19.0 Å². The van der Waals surface area contributed by atoms with Crippen LogP contribution < -0.4 is 10.6 Å². The molecule has 4 rings (SSSR count). The first-order valence-corrected chi connectivity index (χ1v) is 10.7. The molecule has 4 amide bonds. The molecule has 1 aliphatic carbocycles. The highest BCUT2D eigenvalue weighted by Crippen LogP contribution is 2.39. The second kappa shape index (κ2) is 8.33. The van der Waals surface area contributed by atoms with Gasteiger partial charge in [0.2, 0.25) is 11.8 Å². The number of benzene rings is 1. The quantitative estimate of drug-likeness (QED) is 0.523. The van der Waals surface area contributed by atoms with E-state index in [0.29, 0.717) is 12.8 Å². The number of ether oxygens (including phenoxy) is 1. The Bertz CT molecular complexity index is 1020. The van der Waals surface area contributed by atoms with Gasteiger partial charge in [-0.1, -0.05) is 19.3 Å². The molecule has 10 heteroatoms. The number of anilines is 1. The van der Waals surface area contributed by atoms with Gasteiger partial charge < -0.3 is 10.1 Å². The zero-order valence-electron chi connectivity index (χ0n) is 17.7. The number of amides is 4. The maximum atomic E-state index is 14.8. The van der Waals surface area contributed by atoms with E-state index in [2.05, 4.69) is 10.6 Å². The summed E-state index contributed by atoms with van der Waals surface area (Å²) in [4.78, 5) is 63.1. The number of carbonyl (C=O) groups is 5. The van der Waals surface area contributed by atoms with Gasteiger partial charge in [0, 0.05) is 13.0 Å². The molecule has 2 heterocycles. The third-order valence-corrected chi connectivity index (χ3v) is 6.59. The number of fused-ring (bicyclic) bond motifs is 1. The molecule has 1 aromatic carbocycles. The first kappa shape index (κ1) is 21.9. The Morgan fingerprint density at radius 1 is 1.19 bits per heavy atom. The molecule has 1 saturated carbocycles. The van der Waals surface area contributed by atoms with Gasteiger partial charge in [0.25, 0.3) is 11.8 Å². The van der Waals surface area contributed by atoms with Crippen molar-refractivity contribution < 1.29 is 33.1 Å². The minimum atomic E-state index is -1.14. The van der Waals surface area contributed by atoms with Gasteiger partial charge in [-0.05, 0) is 31.4 Å². The largest absolute Gasteiger partial charge is 0.469 e. The number of nitrogens with zero attached hydrogens (tertiary/aromatic N) is 1. The monoisotopic (exact) mass is 445 g/mol. The van der Waals surface area contributed by atoms with Crippen molar-refractivity contribution in [2.45, 2.75) is 51.0 Å². The lowest BCUT2D eigenvalue weighted by atomic mass is 9.74. The number of piperidine rings is 1. The molecule has 1 aromatic rings. The number of hydrogen-bond donors (Lipinski definition) is 2. The predicted molar refractivity (Wildman–Crippen MR) is 109 cm³/mol. The average Bonchev–Trinajstić information content (AvgIpc) is 3.03. The lowest BCUT2D eigenvalue weighted by molar-refractivity contribution is -0.154. The van der Waals surface area contributed by atoms with Crippen LogP contribution in [0.25, 0.3) is 0 Å². The van der Waals surface area contributed by atoms with Crippen molar-refractivity contribution in [1.82, 2.24) is 10.2 Å². The molecule has 0 bridgehead atoms. The van der Waals surface area contributed by atoms with Crippen LogP contribution in [0.2, 0.25) is 0 Å². The van der Waals surface area contributed by atoms with Gasteiger partial charge in [-0.3, -0.25) is 34.2 Å². The molecule has 0 spiro atoms. The Hall–Kier alpha value is -3.30. The van der Waals surface area contributed by atoms with Crippen molar-refractivity contribution in [2.24, 2.45) is 5.41 Å². The summed E-state index contributed by atoms with van der Waals surface area (Å²) in [6, 6.07) is 1.14. The van der Waals surface area contributed by atoms with Gasteiger partial charge >= 0.3 is 5.97 Å². The molecule has 1 unspecified atom stereocenters. The van der Waals surface area contributed by atoms with Crippen LogP contribution in [0.5, 0.6) is 0 Å². The summed E-state index contributed by atoms with van der Waals surface area (Å²) in [6.07, 6.45) is 3.77. The van der Waals surface area contributed by atoms with E-state index in [-0.39, 0.29) is 36.2 Å². The smallest absolute Gasteiger partial charge is 0.313 e. The van der Waals surface area contributed by atoms with Crippen LogP contribution >= 0.6 is 0 Å². The molecule has 2 N–H and O–H groups in total. The molecule has 1 atom stereocenters. The topological polar surface area (TPSA) is 122 Å². The van der Waals surface area contributed by atoms with E-state index in [1.807, 2.05) is 0 Å². The van der Waals surface area contributed by atoms with Crippen LogP contribution in [0, 0.1) is 11.2 Å². The van der Waals surface area contributed by atoms with Gasteiger partial charge in [-0.15, -0.1) is 0 Å². The molecule has 9 nitrogen and oxygen atoms in total. The van der Waals surface area contributed by atoms with Crippen LogP contribution in [-0.4, -0.2) is 54.2 Å². The third-order valence-electron chi connectivity index (χ3n) is 6.59. The first-order valence-electron chi connectivity index (χ1n) is 10.7. The molecule has 32 heavy (non-hydrogen) atoms. The van der Waals surface area contributed by atoms with E-state index in [1.165, 1.54) is 13.2 Å². The molecule has 1 saturated heterocycles. The van der Waals surface area contributed by atoms with Gasteiger partial charge in [-0.2, -0.15) is 0 Å². The SMILES string of the molecule is COC(=O)C1(CNc2c(F)ccc3c2C(=O)N(C2CCC(=O)NC2=O)C3=O)CCCCC1. The van der Waals surface area contributed by atoms with Crippen molar-refractivity contribution >= 4 is 35.3 Å². The summed E-state index contributed by atoms with van der Waals surface area (Å²) in [5.74, 6) is -3.88. The summed E-state index contributed by atoms with van der Waals surface area (Å²) in [6.45, 7) is 0.0485. The normalized spacial score (nSPS) is 22.4. The standard InChI is InChI=1S/C22H24FN3O6/c1-32-21(31)22(9-3-2-4-10-22)11-24-17-13(23)6-5-12-16(17)20(30)26(19(12)29)14-7-8-15(27)25-18(14)28/h5-6,14,24H,2-4,7-11H2,1H3,(H,25,27,28). The Balaban J connectivity index is 1.64. The molecule has 2 fully saturated rings. The Kier molecular flexibility index (Phi) is 5.70. The number of carbonyl (C=O) groups excluding carboxylic acids is 5. The summed E-state index contributed by atoms with van der Waals surface area (Å²) in [5.41, 5.74) is -1.23. The van der Waals surface area contributed by atoms with Crippen molar-refractivity contribution in [3.05, 3.63) is 29.1 Å². The van der Waals surface area contributed by atoms with Crippen LogP contribution in [0.15, 0.2) is 12.1 Å². The zero-order valence-corrected chi connectivity index (χ0v) is 17.7. The van der Waals surface area contributed by atoms with Gasteiger partial charge in [0.15, 0.2) is 0 Å². The highest BCUT2D eigenvalue weighted by Gasteiger charge is 2.47. The number of halogens is 1. The minimum absolute atomic E-state index is 0.00678. The minimum Gasteiger partial charge on any atom is -0.469 e. The number of imide groups is 2. The van der Waals surface area contributed by atoms with E-state index >= 15 is 0 Å². The molecular weight excluding hydrogens is 421 g/mol. The number of rotatable bonds is 5.